The summed E-state index contributed by atoms with van der Waals surface area (Å²) in [5.74, 6) is -0.674. The van der Waals surface area contributed by atoms with Gasteiger partial charge in [0, 0.05) is 22.2 Å². The van der Waals surface area contributed by atoms with Crippen molar-refractivity contribution in [2.75, 3.05) is 6.61 Å². The molecule has 24 heavy (non-hydrogen) atoms. The molecule has 2 atom stereocenters. The predicted molar refractivity (Wildman–Crippen MR) is 96.7 cm³/mol. The lowest BCUT2D eigenvalue weighted by atomic mass is 9.97. The van der Waals surface area contributed by atoms with Gasteiger partial charge in [-0.3, -0.25) is 4.79 Å². The zero-order valence-electron chi connectivity index (χ0n) is 13.8. The Labute approximate surface area is 150 Å². The van der Waals surface area contributed by atoms with Gasteiger partial charge in [-0.15, -0.1) is 11.3 Å². The minimum Gasteiger partial charge on any atom is -0.451 e. The molecule has 0 aliphatic carbocycles. The van der Waals surface area contributed by atoms with E-state index in [-0.39, 0.29) is 24.6 Å². The molecule has 4 nitrogen and oxygen atoms in total. The number of carbonyl (C=O) groups excluding carboxylic acids is 2. The molecular formula is C18H20ClNO3S. The van der Waals surface area contributed by atoms with Gasteiger partial charge in [0.2, 0.25) is 0 Å². The quantitative estimate of drug-likeness (QED) is 0.752. The fraction of sp³-hybridized carbons (Fsp3) is 0.444. The minimum absolute atomic E-state index is 0.139. The minimum atomic E-state index is -0.535. The normalized spacial score (nSPS) is 21.0. The van der Waals surface area contributed by atoms with Crippen molar-refractivity contribution in [1.29, 1.82) is 0 Å². The van der Waals surface area contributed by atoms with E-state index in [9.17, 15) is 9.59 Å². The Bertz CT molecular complexity index is 763. The highest BCUT2D eigenvalue weighted by Crippen LogP contribution is 2.35. The number of hydrogen-bond acceptors (Lipinski definition) is 4. The lowest BCUT2D eigenvalue weighted by molar-refractivity contribution is -0.140. The summed E-state index contributed by atoms with van der Waals surface area (Å²) >= 11 is 7.57. The summed E-state index contributed by atoms with van der Waals surface area (Å²) in [6.07, 6.45) is 3.11. The number of nitrogens with zero attached hydrogens (tertiary/aromatic N) is 1. The van der Waals surface area contributed by atoms with Crippen LogP contribution in [-0.4, -0.2) is 35.5 Å². The maximum atomic E-state index is 12.4. The van der Waals surface area contributed by atoms with E-state index < -0.39 is 5.97 Å². The number of thiophene rings is 1. The molecule has 6 heteroatoms. The van der Waals surface area contributed by atoms with E-state index in [0.717, 1.165) is 29.3 Å². The van der Waals surface area contributed by atoms with Crippen LogP contribution in [0.2, 0.25) is 5.02 Å². The zero-order chi connectivity index (χ0) is 17.3. The average molecular weight is 366 g/mol. The van der Waals surface area contributed by atoms with Gasteiger partial charge in [0.05, 0.1) is 5.02 Å². The van der Waals surface area contributed by atoms with Gasteiger partial charge < -0.3 is 9.64 Å². The van der Waals surface area contributed by atoms with Crippen molar-refractivity contribution in [2.45, 2.75) is 45.2 Å². The Morgan fingerprint density at radius 3 is 2.58 bits per heavy atom. The summed E-state index contributed by atoms with van der Waals surface area (Å²) in [5.41, 5.74) is 0. The van der Waals surface area contributed by atoms with Gasteiger partial charge in [-0.05, 0) is 39.2 Å². The highest BCUT2D eigenvalue weighted by Gasteiger charge is 2.29. The first-order valence-corrected chi connectivity index (χ1v) is 9.33. The Morgan fingerprint density at radius 2 is 1.92 bits per heavy atom. The monoisotopic (exact) mass is 365 g/mol. The molecule has 0 spiro atoms. The molecule has 1 aliphatic rings. The van der Waals surface area contributed by atoms with Crippen LogP contribution in [0.25, 0.3) is 10.1 Å². The molecule has 3 rings (SSSR count). The first kappa shape index (κ1) is 17.2. The van der Waals surface area contributed by atoms with Gasteiger partial charge in [-0.25, -0.2) is 4.79 Å². The molecule has 1 aromatic carbocycles. The third-order valence-corrected chi connectivity index (χ3v) is 6.18. The van der Waals surface area contributed by atoms with Gasteiger partial charge in [0.25, 0.3) is 5.91 Å². The van der Waals surface area contributed by atoms with Crippen molar-refractivity contribution < 1.29 is 14.3 Å². The van der Waals surface area contributed by atoms with E-state index in [4.69, 9.17) is 16.3 Å². The van der Waals surface area contributed by atoms with Gasteiger partial charge in [0.1, 0.15) is 4.88 Å². The van der Waals surface area contributed by atoms with Crippen LogP contribution in [0.15, 0.2) is 24.3 Å². The third kappa shape index (κ3) is 3.28. The highest BCUT2D eigenvalue weighted by molar-refractivity contribution is 7.21. The zero-order valence-corrected chi connectivity index (χ0v) is 15.3. The molecule has 2 unspecified atom stereocenters. The van der Waals surface area contributed by atoms with Crippen LogP contribution in [0.4, 0.5) is 0 Å². The molecule has 0 N–H and O–H groups in total. The van der Waals surface area contributed by atoms with E-state index in [1.807, 2.05) is 43.0 Å². The van der Waals surface area contributed by atoms with Crippen LogP contribution in [0.3, 0.4) is 0 Å². The number of piperidine rings is 1. The van der Waals surface area contributed by atoms with Gasteiger partial charge in [-0.1, -0.05) is 29.8 Å². The van der Waals surface area contributed by atoms with E-state index in [0.29, 0.717) is 9.90 Å². The summed E-state index contributed by atoms with van der Waals surface area (Å²) in [6, 6.07) is 7.92. The maximum absolute atomic E-state index is 12.4. The van der Waals surface area contributed by atoms with Gasteiger partial charge in [0.15, 0.2) is 6.61 Å². The summed E-state index contributed by atoms with van der Waals surface area (Å²) in [4.78, 5) is 26.9. The Kier molecular flexibility index (Phi) is 5.11. The van der Waals surface area contributed by atoms with E-state index in [2.05, 4.69) is 0 Å². The van der Waals surface area contributed by atoms with Crippen molar-refractivity contribution in [3.05, 3.63) is 34.2 Å². The molecule has 1 aliphatic heterocycles. The number of likely N-dealkylation sites (tertiary alicyclic amines) is 1. The third-order valence-electron chi connectivity index (χ3n) is 4.53. The molecule has 1 saturated heterocycles. The Balaban J connectivity index is 1.68. The van der Waals surface area contributed by atoms with Crippen LogP contribution in [0.1, 0.15) is 42.8 Å². The number of fused-ring (bicyclic) bond motifs is 1. The number of rotatable bonds is 3. The fourth-order valence-electron chi connectivity index (χ4n) is 3.33. The molecule has 0 bridgehead atoms. The fourth-order valence-corrected chi connectivity index (χ4v) is 4.73. The summed E-state index contributed by atoms with van der Waals surface area (Å²) in [7, 11) is 0. The second-order valence-corrected chi connectivity index (χ2v) is 7.68. The summed E-state index contributed by atoms with van der Waals surface area (Å²) in [5, 5.41) is 1.23. The summed E-state index contributed by atoms with van der Waals surface area (Å²) < 4.78 is 6.18. The SMILES string of the molecule is CC1CCCC(C)N1C(=O)COC(=O)c1sc2ccccc2c1Cl. The molecule has 2 aromatic rings. The van der Waals surface area contributed by atoms with Gasteiger partial charge >= 0.3 is 5.97 Å². The standard InChI is InChI=1S/C18H20ClNO3S/c1-11-6-5-7-12(2)20(11)15(21)10-23-18(22)17-16(19)13-8-3-4-9-14(13)24-17/h3-4,8-9,11-12H,5-7,10H2,1-2H3. The van der Waals surface area contributed by atoms with Crippen molar-refractivity contribution in [3.63, 3.8) is 0 Å². The molecule has 1 fully saturated rings. The molecule has 2 heterocycles. The lowest BCUT2D eigenvalue weighted by Crippen LogP contribution is -2.49. The number of halogens is 1. The molecule has 0 radical (unpaired) electrons. The number of benzene rings is 1. The molecule has 1 amide bonds. The van der Waals surface area contributed by atoms with E-state index in [1.54, 1.807) is 0 Å². The smallest absolute Gasteiger partial charge is 0.350 e. The second-order valence-electron chi connectivity index (χ2n) is 6.25. The number of carbonyl (C=O) groups is 2. The maximum Gasteiger partial charge on any atom is 0.350 e. The first-order valence-electron chi connectivity index (χ1n) is 8.14. The number of amides is 1. The van der Waals surface area contributed by atoms with Crippen LogP contribution >= 0.6 is 22.9 Å². The van der Waals surface area contributed by atoms with Crippen LogP contribution in [0, 0.1) is 0 Å². The first-order chi connectivity index (χ1) is 11.5. The lowest BCUT2D eigenvalue weighted by Gasteiger charge is -2.38. The summed E-state index contributed by atoms with van der Waals surface area (Å²) in [6.45, 7) is 3.84. The van der Waals surface area contributed by atoms with Crippen LogP contribution in [-0.2, 0) is 9.53 Å². The topological polar surface area (TPSA) is 46.6 Å². The number of hydrogen-bond donors (Lipinski definition) is 0. The number of esters is 1. The molecule has 1 aromatic heterocycles. The van der Waals surface area contributed by atoms with Gasteiger partial charge in [-0.2, -0.15) is 0 Å². The number of ether oxygens (including phenoxy) is 1. The molecule has 128 valence electrons. The molecule has 0 saturated carbocycles. The van der Waals surface area contributed by atoms with Crippen molar-refractivity contribution >= 4 is 44.9 Å². The van der Waals surface area contributed by atoms with Crippen LogP contribution < -0.4 is 0 Å². The Hall–Kier alpha value is -1.59. The van der Waals surface area contributed by atoms with Crippen molar-refractivity contribution in [1.82, 2.24) is 4.90 Å². The predicted octanol–water partition coefficient (Wildman–Crippen LogP) is 4.50. The highest BCUT2D eigenvalue weighted by atomic mass is 35.5. The second kappa shape index (κ2) is 7.11. The largest absolute Gasteiger partial charge is 0.451 e. The van der Waals surface area contributed by atoms with Crippen molar-refractivity contribution in [2.24, 2.45) is 0 Å². The average Bonchev–Trinajstić information content (AvgIpc) is 2.90. The molecular weight excluding hydrogens is 346 g/mol. The Morgan fingerprint density at radius 1 is 1.25 bits per heavy atom. The van der Waals surface area contributed by atoms with E-state index in [1.165, 1.54) is 11.3 Å². The van der Waals surface area contributed by atoms with Crippen molar-refractivity contribution in [3.8, 4) is 0 Å². The van der Waals surface area contributed by atoms with Crippen LogP contribution in [0.5, 0.6) is 0 Å². The van der Waals surface area contributed by atoms with E-state index >= 15 is 0 Å².